The molecule has 28 heavy (non-hydrogen) atoms. The molecule has 2 aromatic heterocycles. The van der Waals surface area contributed by atoms with Gasteiger partial charge in [0.25, 0.3) is 0 Å². The Morgan fingerprint density at radius 2 is 1.96 bits per heavy atom. The first kappa shape index (κ1) is 17.5. The van der Waals surface area contributed by atoms with Gasteiger partial charge in [0.15, 0.2) is 0 Å². The van der Waals surface area contributed by atoms with Gasteiger partial charge in [-0.25, -0.2) is 0 Å². The zero-order chi connectivity index (χ0) is 19.3. The number of anilines is 1. The summed E-state index contributed by atoms with van der Waals surface area (Å²) in [7, 11) is 1.93. The van der Waals surface area contributed by atoms with E-state index in [1.54, 1.807) is 6.20 Å². The van der Waals surface area contributed by atoms with Crippen LogP contribution in [0.5, 0.6) is 0 Å². The van der Waals surface area contributed by atoms with E-state index in [0.717, 1.165) is 66.6 Å². The van der Waals surface area contributed by atoms with Crippen LogP contribution in [0.15, 0.2) is 36.8 Å². The van der Waals surface area contributed by atoms with Gasteiger partial charge in [0, 0.05) is 56.2 Å². The molecule has 1 aromatic carbocycles. The third kappa shape index (κ3) is 2.66. The van der Waals surface area contributed by atoms with E-state index in [2.05, 4.69) is 26.4 Å². The van der Waals surface area contributed by atoms with Crippen molar-refractivity contribution in [2.45, 2.75) is 19.3 Å². The predicted octanol–water partition coefficient (Wildman–Crippen LogP) is 3.40. The fourth-order valence-corrected chi connectivity index (χ4v) is 4.97. The molecule has 5 rings (SSSR count). The van der Waals surface area contributed by atoms with Gasteiger partial charge in [-0.15, -0.1) is 0 Å². The van der Waals surface area contributed by atoms with E-state index in [0.29, 0.717) is 5.02 Å². The number of pyridine rings is 1. The molecule has 0 aliphatic carbocycles. The third-order valence-electron chi connectivity index (χ3n) is 6.24. The highest BCUT2D eigenvalue weighted by atomic mass is 35.5. The van der Waals surface area contributed by atoms with Crippen LogP contribution in [0.25, 0.3) is 22.0 Å². The van der Waals surface area contributed by atoms with E-state index < -0.39 is 0 Å². The van der Waals surface area contributed by atoms with E-state index in [1.807, 2.05) is 36.3 Å². The van der Waals surface area contributed by atoms with Crippen molar-refractivity contribution in [3.8, 4) is 11.1 Å². The Hall–Kier alpha value is -2.60. The van der Waals surface area contributed by atoms with Gasteiger partial charge in [-0.1, -0.05) is 23.7 Å². The van der Waals surface area contributed by atoms with Crippen molar-refractivity contribution in [2.75, 3.05) is 24.5 Å². The highest BCUT2D eigenvalue weighted by molar-refractivity contribution is 6.34. The average molecular weight is 396 g/mol. The average Bonchev–Trinajstić information content (AvgIpc) is 3.24. The summed E-state index contributed by atoms with van der Waals surface area (Å²) in [5.41, 5.74) is 3.85. The Labute approximate surface area is 168 Å². The quantitative estimate of drug-likeness (QED) is 0.722. The smallest absolute Gasteiger partial charge is 0.226 e. The first-order valence-electron chi connectivity index (χ1n) is 9.67. The Bertz CT molecular complexity index is 1070. The second kappa shape index (κ2) is 6.48. The van der Waals surface area contributed by atoms with E-state index in [9.17, 15) is 4.79 Å². The number of aromatic nitrogens is 3. The number of fused-ring (bicyclic) bond motifs is 1. The number of amides is 1. The molecule has 1 N–H and O–H groups in total. The van der Waals surface area contributed by atoms with Crippen LogP contribution in [0.2, 0.25) is 5.02 Å². The van der Waals surface area contributed by atoms with Crippen LogP contribution >= 0.6 is 11.6 Å². The molecule has 0 radical (unpaired) electrons. The zero-order valence-electron chi connectivity index (χ0n) is 15.8. The summed E-state index contributed by atoms with van der Waals surface area (Å²) in [5.74, 6) is 0.216. The van der Waals surface area contributed by atoms with E-state index in [1.165, 1.54) is 0 Å². The molecule has 144 valence electrons. The molecular weight excluding hydrogens is 374 g/mol. The highest BCUT2D eigenvalue weighted by Crippen LogP contribution is 2.44. The standard InChI is InChI=1S/C21H22ClN5O/c1-26-13-16-14(3-2-4-18(16)25-26)15-11-23-12-17(22)19(15)27-9-6-21(7-10-27)5-8-24-20(21)28/h2-4,11-13H,5-10H2,1H3,(H,24,28). The summed E-state index contributed by atoms with van der Waals surface area (Å²) in [4.78, 5) is 19.0. The van der Waals surface area contributed by atoms with Crippen molar-refractivity contribution in [2.24, 2.45) is 12.5 Å². The molecule has 2 saturated heterocycles. The summed E-state index contributed by atoms with van der Waals surface area (Å²) in [6, 6.07) is 6.12. The molecule has 2 fully saturated rings. The van der Waals surface area contributed by atoms with Crippen LogP contribution < -0.4 is 10.2 Å². The predicted molar refractivity (Wildman–Crippen MR) is 110 cm³/mol. The molecular formula is C21H22ClN5O. The highest BCUT2D eigenvalue weighted by Gasteiger charge is 2.44. The van der Waals surface area contributed by atoms with Crippen molar-refractivity contribution in [3.05, 3.63) is 41.8 Å². The normalized spacial score (nSPS) is 18.8. The number of carbonyl (C=O) groups is 1. The van der Waals surface area contributed by atoms with Crippen LogP contribution in [0.3, 0.4) is 0 Å². The Balaban J connectivity index is 1.55. The second-order valence-corrected chi connectivity index (χ2v) is 8.24. The maximum absolute atomic E-state index is 12.3. The third-order valence-corrected chi connectivity index (χ3v) is 6.51. The number of nitrogens with one attached hydrogen (secondary N) is 1. The number of halogens is 1. The summed E-state index contributed by atoms with van der Waals surface area (Å²) in [5, 5.41) is 9.25. The van der Waals surface area contributed by atoms with Crippen LogP contribution in [0, 0.1) is 5.41 Å². The van der Waals surface area contributed by atoms with Gasteiger partial charge in [0.1, 0.15) is 0 Å². The lowest BCUT2D eigenvalue weighted by molar-refractivity contribution is -0.128. The lowest BCUT2D eigenvalue weighted by Gasteiger charge is -2.39. The molecule has 0 saturated carbocycles. The minimum Gasteiger partial charge on any atom is -0.370 e. The van der Waals surface area contributed by atoms with Gasteiger partial charge in [-0.2, -0.15) is 5.10 Å². The number of carbonyl (C=O) groups excluding carboxylic acids is 1. The van der Waals surface area contributed by atoms with Crippen LogP contribution in [0.1, 0.15) is 19.3 Å². The minimum atomic E-state index is -0.195. The molecule has 0 bridgehead atoms. The molecule has 0 atom stereocenters. The lowest BCUT2D eigenvalue weighted by Crippen LogP contribution is -2.44. The van der Waals surface area contributed by atoms with E-state index in [4.69, 9.17) is 11.6 Å². The second-order valence-electron chi connectivity index (χ2n) is 7.83. The van der Waals surface area contributed by atoms with Gasteiger partial charge < -0.3 is 10.2 Å². The van der Waals surface area contributed by atoms with Gasteiger partial charge in [-0.3, -0.25) is 14.5 Å². The lowest BCUT2D eigenvalue weighted by atomic mass is 9.77. The van der Waals surface area contributed by atoms with Crippen LogP contribution in [0.4, 0.5) is 5.69 Å². The molecule has 0 unspecified atom stereocenters. The monoisotopic (exact) mass is 395 g/mol. The first-order chi connectivity index (χ1) is 13.6. The molecule has 6 nitrogen and oxygen atoms in total. The number of piperidine rings is 1. The number of hydrogen-bond donors (Lipinski definition) is 1. The summed E-state index contributed by atoms with van der Waals surface area (Å²) in [6.45, 7) is 2.42. The van der Waals surface area contributed by atoms with Crippen LogP contribution in [-0.4, -0.2) is 40.3 Å². The van der Waals surface area contributed by atoms with E-state index in [-0.39, 0.29) is 11.3 Å². The Morgan fingerprint density at radius 1 is 1.14 bits per heavy atom. The molecule has 2 aliphatic heterocycles. The zero-order valence-corrected chi connectivity index (χ0v) is 16.5. The number of hydrogen-bond acceptors (Lipinski definition) is 4. The first-order valence-corrected chi connectivity index (χ1v) is 10.0. The Morgan fingerprint density at radius 3 is 2.71 bits per heavy atom. The minimum absolute atomic E-state index is 0.195. The fourth-order valence-electron chi connectivity index (χ4n) is 4.69. The summed E-state index contributed by atoms with van der Waals surface area (Å²) >= 11 is 6.64. The van der Waals surface area contributed by atoms with E-state index >= 15 is 0 Å². The number of aryl methyl sites for hydroxylation is 1. The molecule has 3 aromatic rings. The number of rotatable bonds is 2. The fraction of sp³-hybridized carbons (Fsp3) is 0.381. The van der Waals surface area contributed by atoms with Crippen molar-refractivity contribution < 1.29 is 4.79 Å². The van der Waals surface area contributed by atoms with Crippen molar-refractivity contribution in [1.29, 1.82) is 0 Å². The van der Waals surface area contributed by atoms with Crippen molar-refractivity contribution in [3.63, 3.8) is 0 Å². The SMILES string of the molecule is Cn1cc2c(-c3cncc(Cl)c3N3CCC4(CCNC4=O)CC3)cccc2n1. The Kier molecular flexibility index (Phi) is 4.05. The maximum atomic E-state index is 12.3. The molecule has 1 spiro atoms. The van der Waals surface area contributed by atoms with Gasteiger partial charge in [0.2, 0.25) is 5.91 Å². The summed E-state index contributed by atoms with van der Waals surface area (Å²) in [6.07, 6.45) is 8.27. The van der Waals surface area contributed by atoms with Crippen molar-refractivity contribution >= 4 is 34.1 Å². The van der Waals surface area contributed by atoms with Crippen LogP contribution in [-0.2, 0) is 11.8 Å². The largest absolute Gasteiger partial charge is 0.370 e. The van der Waals surface area contributed by atoms with Gasteiger partial charge in [-0.05, 0) is 30.9 Å². The van der Waals surface area contributed by atoms with Gasteiger partial charge in [0.05, 0.1) is 21.6 Å². The topological polar surface area (TPSA) is 63.1 Å². The molecule has 4 heterocycles. The number of benzene rings is 1. The molecule has 2 aliphatic rings. The van der Waals surface area contributed by atoms with Crippen molar-refractivity contribution in [1.82, 2.24) is 20.1 Å². The molecule has 7 heteroatoms. The summed E-state index contributed by atoms with van der Waals surface area (Å²) < 4.78 is 1.83. The number of nitrogens with zero attached hydrogens (tertiary/aromatic N) is 4. The molecule has 1 amide bonds. The maximum Gasteiger partial charge on any atom is 0.226 e. The van der Waals surface area contributed by atoms with Gasteiger partial charge >= 0.3 is 0 Å².